The Bertz CT molecular complexity index is 1140. The van der Waals surface area contributed by atoms with Gasteiger partial charge >= 0.3 is 5.97 Å². The number of aromatic amines is 1. The normalized spacial score (nSPS) is 10.7. The van der Waals surface area contributed by atoms with E-state index >= 15 is 0 Å². The Balaban J connectivity index is 1.75. The molecule has 0 saturated carbocycles. The Labute approximate surface area is 177 Å². The second kappa shape index (κ2) is 8.36. The first-order valence-electron chi connectivity index (χ1n) is 7.57. The number of hydrogen-bond donors (Lipinski definition) is 2. The van der Waals surface area contributed by atoms with Crippen LogP contribution in [0.4, 0.5) is 5.69 Å². The second-order valence-electron chi connectivity index (χ2n) is 5.41. The molecule has 3 aromatic rings. The van der Waals surface area contributed by atoms with Crippen molar-refractivity contribution in [2.45, 2.75) is 0 Å². The Morgan fingerprint density at radius 1 is 1.04 bits per heavy atom. The second-order valence-corrected chi connectivity index (χ2v) is 6.98. The minimum Gasteiger partial charge on any atom is -0.451 e. The summed E-state index contributed by atoms with van der Waals surface area (Å²) < 4.78 is 4.96. The number of amides is 1. The highest BCUT2D eigenvalue weighted by molar-refractivity contribution is 6.50. The van der Waals surface area contributed by atoms with E-state index in [0.717, 1.165) is 0 Å². The van der Waals surface area contributed by atoms with E-state index in [0.29, 0.717) is 5.39 Å². The maximum atomic E-state index is 12.3. The van der Waals surface area contributed by atoms with E-state index in [1.807, 2.05) is 0 Å². The lowest BCUT2D eigenvalue weighted by molar-refractivity contribution is -0.119. The van der Waals surface area contributed by atoms with Crippen LogP contribution in [0.1, 0.15) is 10.5 Å². The van der Waals surface area contributed by atoms with Gasteiger partial charge in [-0.2, -0.15) is 5.10 Å². The largest absolute Gasteiger partial charge is 0.451 e. The summed E-state index contributed by atoms with van der Waals surface area (Å²) in [5.41, 5.74) is -0.591. The van der Waals surface area contributed by atoms with Crippen molar-refractivity contribution in [1.82, 2.24) is 10.2 Å². The zero-order chi connectivity index (χ0) is 20.4. The molecule has 2 N–H and O–H groups in total. The predicted molar refractivity (Wildman–Crippen MR) is 108 cm³/mol. The highest BCUT2D eigenvalue weighted by Crippen LogP contribution is 2.40. The van der Waals surface area contributed by atoms with Crippen molar-refractivity contribution < 1.29 is 14.3 Å². The van der Waals surface area contributed by atoms with Crippen molar-refractivity contribution in [1.29, 1.82) is 0 Å². The number of esters is 1. The van der Waals surface area contributed by atoms with Gasteiger partial charge in [0.25, 0.3) is 11.5 Å². The third kappa shape index (κ3) is 4.07. The van der Waals surface area contributed by atoms with Crippen LogP contribution in [0.25, 0.3) is 10.8 Å². The summed E-state index contributed by atoms with van der Waals surface area (Å²) in [6, 6.07) is 7.69. The number of fused-ring (bicyclic) bond motifs is 1. The molecule has 11 heteroatoms. The average molecular weight is 461 g/mol. The molecule has 1 amide bonds. The molecule has 0 bridgehead atoms. The van der Waals surface area contributed by atoms with E-state index in [1.165, 1.54) is 12.1 Å². The first-order chi connectivity index (χ1) is 13.3. The van der Waals surface area contributed by atoms with E-state index in [-0.39, 0.29) is 36.9 Å². The summed E-state index contributed by atoms with van der Waals surface area (Å²) in [5, 5.41) is 9.01. The first kappa shape index (κ1) is 20.4. The van der Waals surface area contributed by atoms with Gasteiger partial charge in [-0.05, 0) is 12.1 Å². The summed E-state index contributed by atoms with van der Waals surface area (Å²) in [6.07, 6.45) is 0. The van der Waals surface area contributed by atoms with Gasteiger partial charge in [-0.15, -0.1) is 0 Å². The molecule has 0 fully saturated rings. The molecule has 0 spiro atoms. The third-order valence-corrected chi connectivity index (χ3v) is 5.17. The predicted octanol–water partition coefficient (Wildman–Crippen LogP) is 4.33. The molecule has 7 nitrogen and oxygen atoms in total. The van der Waals surface area contributed by atoms with Crippen LogP contribution < -0.4 is 10.9 Å². The number of benzene rings is 2. The van der Waals surface area contributed by atoms with E-state index in [1.54, 1.807) is 18.2 Å². The number of nitrogens with zero attached hydrogens (tertiary/aromatic N) is 1. The lowest BCUT2D eigenvalue weighted by atomic mass is 10.1. The highest BCUT2D eigenvalue weighted by Gasteiger charge is 2.19. The molecule has 1 heterocycles. The summed E-state index contributed by atoms with van der Waals surface area (Å²) in [4.78, 5) is 36.2. The van der Waals surface area contributed by atoms with Gasteiger partial charge in [0.1, 0.15) is 0 Å². The molecule has 144 valence electrons. The average Bonchev–Trinajstić information content (AvgIpc) is 2.68. The molecule has 0 radical (unpaired) electrons. The number of halogens is 4. The fraction of sp³-hybridized carbons (Fsp3) is 0.0588. The molecular weight excluding hydrogens is 452 g/mol. The number of nitrogens with one attached hydrogen (secondary N) is 2. The van der Waals surface area contributed by atoms with Crippen LogP contribution in [0.5, 0.6) is 0 Å². The van der Waals surface area contributed by atoms with Crippen LogP contribution in [0.15, 0.2) is 35.1 Å². The molecule has 0 atom stereocenters. The standard InChI is InChI=1S/C17H9Cl4N3O4/c18-9-5-10(19)13(21)15(12(9)20)22-11(25)6-28-17(27)14-7-3-1-2-4-8(7)16(26)24-23-14/h1-5H,6H2,(H,22,25)(H,24,26). The fourth-order valence-corrected chi connectivity index (χ4v) is 3.23. The van der Waals surface area contributed by atoms with E-state index in [9.17, 15) is 14.4 Å². The molecule has 0 aliphatic heterocycles. The lowest BCUT2D eigenvalue weighted by Crippen LogP contribution is -2.23. The smallest absolute Gasteiger partial charge is 0.359 e. The van der Waals surface area contributed by atoms with E-state index < -0.39 is 24.0 Å². The van der Waals surface area contributed by atoms with Crippen molar-refractivity contribution in [3.8, 4) is 0 Å². The van der Waals surface area contributed by atoms with Gasteiger partial charge in [-0.25, -0.2) is 9.89 Å². The molecule has 2 aromatic carbocycles. The Kier molecular flexibility index (Phi) is 6.10. The molecule has 28 heavy (non-hydrogen) atoms. The van der Waals surface area contributed by atoms with Crippen LogP contribution >= 0.6 is 46.4 Å². The topological polar surface area (TPSA) is 101 Å². The fourth-order valence-electron chi connectivity index (χ4n) is 2.33. The lowest BCUT2D eigenvalue weighted by Gasteiger charge is -2.12. The van der Waals surface area contributed by atoms with Gasteiger partial charge in [0.2, 0.25) is 0 Å². The van der Waals surface area contributed by atoms with Crippen molar-refractivity contribution in [3.63, 3.8) is 0 Å². The molecule has 3 rings (SSSR count). The van der Waals surface area contributed by atoms with E-state index in [2.05, 4.69) is 15.5 Å². The Hall–Kier alpha value is -2.32. The number of carbonyl (C=O) groups is 2. The number of aromatic nitrogens is 2. The number of carbonyl (C=O) groups excluding carboxylic acids is 2. The van der Waals surface area contributed by atoms with Crippen LogP contribution in [0.2, 0.25) is 20.1 Å². The van der Waals surface area contributed by atoms with Gasteiger partial charge in [0.15, 0.2) is 12.3 Å². The maximum absolute atomic E-state index is 12.3. The highest BCUT2D eigenvalue weighted by atomic mass is 35.5. The summed E-state index contributed by atoms with van der Waals surface area (Å²) in [6.45, 7) is -0.662. The minimum absolute atomic E-state index is 0.00509. The van der Waals surface area contributed by atoms with Crippen LogP contribution in [-0.2, 0) is 9.53 Å². The maximum Gasteiger partial charge on any atom is 0.359 e. The SMILES string of the molecule is O=C(COC(=O)c1n[nH]c(=O)c2ccccc12)Nc1c(Cl)c(Cl)cc(Cl)c1Cl. The molecule has 0 aliphatic carbocycles. The molecule has 0 saturated heterocycles. The summed E-state index contributed by atoms with van der Waals surface area (Å²) >= 11 is 23.8. The van der Waals surface area contributed by atoms with Crippen LogP contribution in [-0.4, -0.2) is 28.7 Å². The van der Waals surface area contributed by atoms with Crippen molar-refractivity contribution in [2.24, 2.45) is 0 Å². The molecular formula is C17H9Cl4N3O4. The number of hydrogen-bond acceptors (Lipinski definition) is 5. The number of ether oxygens (including phenoxy) is 1. The number of rotatable bonds is 4. The molecule has 0 unspecified atom stereocenters. The Morgan fingerprint density at radius 3 is 2.29 bits per heavy atom. The van der Waals surface area contributed by atoms with Crippen LogP contribution in [0, 0.1) is 0 Å². The third-order valence-electron chi connectivity index (χ3n) is 3.60. The van der Waals surface area contributed by atoms with Crippen LogP contribution in [0.3, 0.4) is 0 Å². The van der Waals surface area contributed by atoms with Crippen molar-refractivity contribution >= 4 is 74.7 Å². The Morgan fingerprint density at radius 2 is 1.64 bits per heavy atom. The quantitative estimate of drug-likeness (QED) is 0.445. The summed E-state index contributed by atoms with van der Waals surface area (Å²) in [7, 11) is 0. The van der Waals surface area contributed by atoms with Gasteiger partial charge < -0.3 is 10.1 Å². The van der Waals surface area contributed by atoms with Gasteiger partial charge in [0, 0.05) is 5.39 Å². The van der Waals surface area contributed by atoms with E-state index in [4.69, 9.17) is 51.1 Å². The molecule has 0 aliphatic rings. The zero-order valence-corrected chi connectivity index (χ0v) is 16.7. The van der Waals surface area contributed by atoms with Crippen molar-refractivity contribution in [3.05, 3.63) is 66.5 Å². The number of anilines is 1. The minimum atomic E-state index is -0.899. The summed E-state index contributed by atoms with van der Waals surface area (Å²) in [5.74, 6) is -1.63. The van der Waals surface area contributed by atoms with Gasteiger partial charge in [-0.1, -0.05) is 64.6 Å². The zero-order valence-electron chi connectivity index (χ0n) is 13.7. The van der Waals surface area contributed by atoms with Gasteiger partial charge in [0.05, 0.1) is 31.2 Å². The first-order valence-corrected chi connectivity index (χ1v) is 9.08. The van der Waals surface area contributed by atoms with Gasteiger partial charge in [-0.3, -0.25) is 9.59 Å². The van der Waals surface area contributed by atoms with Crippen molar-refractivity contribution in [2.75, 3.05) is 11.9 Å². The monoisotopic (exact) mass is 459 g/mol. The number of H-pyrrole nitrogens is 1. The molecule has 1 aromatic heterocycles.